The molecule has 1 aromatic carbocycles. The summed E-state index contributed by atoms with van der Waals surface area (Å²) in [4.78, 5) is 8.24. The molecule has 0 aliphatic heterocycles. The molecule has 112 valence electrons. The van der Waals surface area contributed by atoms with Gasteiger partial charge in [-0.25, -0.2) is 9.97 Å². The fourth-order valence-corrected chi connectivity index (χ4v) is 1.89. The highest BCUT2D eigenvalue weighted by Gasteiger charge is 2.34. The third kappa shape index (κ3) is 3.49. The van der Waals surface area contributed by atoms with Crippen molar-refractivity contribution in [3.63, 3.8) is 0 Å². The predicted octanol–water partition coefficient (Wildman–Crippen LogP) is 3.35. The summed E-state index contributed by atoms with van der Waals surface area (Å²) in [5.74, 6) is 0.450. The molecule has 2 rings (SSSR count). The van der Waals surface area contributed by atoms with E-state index in [4.69, 9.17) is 4.74 Å². The van der Waals surface area contributed by atoms with Gasteiger partial charge in [0.05, 0.1) is 17.9 Å². The van der Waals surface area contributed by atoms with Crippen molar-refractivity contribution in [1.82, 2.24) is 9.97 Å². The molecule has 0 atom stereocenters. The van der Waals surface area contributed by atoms with Crippen LogP contribution in [0.1, 0.15) is 11.3 Å². The van der Waals surface area contributed by atoms with Gasteiger partial charge >= 0.3 is 6.18 Å². The van der Waals surface area contributed by atoms with Gasteiger partial charge in [0.15, 0.2) is 5.82 Å². The standard InChI is InChI=1S/C14H14F3N3O/c1-18-12-7-9(8-21-2)19-13(20-12)10-5-3-4-6-11(10)14(15,16)17/h3-7H,8H2,1-2H3,(H,18,19,20). The molecule has 0 aliphatic rings. The monoisotopic (exact) mass is 297 g/mol. The Kier molecular flexibility index (Phi) is 4.42. The van der Waals surface area contributed by atoms with Gasteiger partial charge in [0.2, 0.25) is 0 Å². The zero-order valence-electron chi connectivity index (χ0n) is 11.5. The van der Waals surface area contributed by atoms with E-state index in [-0.39, 0.29) is 18.0 Å². The molecule has 1 aromatic heterocycles. The minimum absolute atomic E-state index is 0.0156. The Bertz CT molecular complexity index is 629. The number of alkyl halides is 3. The second kappa shape index (κ2) is 6.09. The molecule has 0 saturated heterocycles. The van der Waals surface area contributed by atoms with Crippen LogP contribution in [-0.4, -0.2) is 24.1 Å². The van der Waals surface area contributed by atoms with E-state index in [0.29, 0.717) is 11.5 Å². The number of hydrogen-bond donors (Lipinski definition) is 1. The lowest BCUT2D eigenvalue weighted by molar-refractivity contribution is -0.137. The van der Waals surface area contributed by atoms with Crippen LogP contribution in [0.2, 0.25) is 0 Å². The van der Waals surface area contributed by atoms with Gasteiger partial charge in [-0.2, -0.15) is 13.2 Å². The van der Waals surface area contributed by atoms with Crippen molar-refractivity contribution in [2.75, 3.05) is 19.5 Å². The molecule has 0 saturated carbocycles. The SMILES string of the molecule is CNc1cc(COC)nc(-c2ccccc2C(F)(F)F)n1. The van der Waals surface area contributed by atoms with Gasteiger partial charge in [0.1, 0.15) is 5.82 Å². The van der Waals surface area contributed by atoms with Gasteiger partial charge in [0.25, 0.3) is 0 Å². The van der Waals surface area contributed by atoms with Gasteiger partial charge in [-0.3, -0.25) is 0 Å². The van der Waals surface area contributed by atoms with Crippen molar-refractivity contribution in [2.24, 2.45) is 0 Å². The van der Waals surface area contributed by atoms with Crippen molar-refractivity contribution in [3.8, 4) is 11.4 Å². The summed E-state index contributed by atoms with van der Waals surface area (Å²) in [6, 6.07) is 6.86. The number of aromatic nitrogens is 2. The first-order valence-corrected chi connectivity index (χ1v) is 6.17. The number of nitrogens with one attached hydrogen (secondary N) is 1. The number of anilines is 1. The molecule has 0 unspecified atom stereocenters. The normalized spacial score (nSPS) is 11.5. The van der Waals surface area contributed by atoms with Crippen molar-refractivity contribution in [3.05, 3.63) is 41.6 Å². The van der Waals surface area contributed by atoms with E-state index in [1.165, 1.54) is 25.3 Å². The average molecular weight is 297 g/mol. The minimum atomic E-state index is -4.46. The number of halogens is 3. The van der Waals surface area contributed by atoms with Crippen LogP contribution in [0, 0.1) is 0 Å². The first kappa shape index (κ1) is 15.2. The Labute approximate surface area is 120 Å². The van der Waals surface area contributed by atoms with Crippen LogP contribution in [0.25, 0.3) is 11.4 Å². The van der Waals surface area contributed by atoms with Crippen LogP contribution in [-0.2, 0) is 17.5 Å². The van der Waals surface area contributed by atoms with E-state index in [1.54, 1.807) is 13.1 Å². The summed E-state index contributed by atoms with van der Waals surface area (Å²) in [6.45, 7) is 0.193. The molecular weight excluding hydrogens is 283 g/mol. The van der Waals surface area contributed by atoms with Crippen molar-refractivity contribution >= 4 is 5.82 Å². The molecular formula is C14H14F3N3O. The Hall–Kier alpha value is -2.15. The first-order valence-electron chi connectivity index (χ1n) is 6.17. The zero-order valence-corrected chi connectivity index (χ0v) is 11.5. The van der Waals surface area contributed by atoms with Gasteiger partial charge in [-0.15, -0.1) is 0 Å². The molecule has 7 heteroatoms. The summed E-state index contributed by atoms with van der Waals surface area (Å²) in [5, 5.41) is 2.81. The van der Waals surface area contributed by atoms with Crippen molar-refractivity contribution in [1.29, 1.82) is 0 Å². The summed E-state index contributed by atoms with van der Waals surface area (Å²) in [5.41, 5.74) is -0.315. The van der Waals surface area contributed by atoms with Crippen molar-refractivity contribution in [2.45, 2.75) is 12.8 Å². The van der Waals surface area contributed by atoms with Crippen LogP contribution < -0.4 is 5.32 Å². The summed E-state index contributed by atoms with van der Waals surface area (Å²) in [7, 11) is 3.13. The van der Waals surface area contributed by atoms with Crippen LogP contribution in [0.15, 0.2) is 30.3 Å². The maximum Gasteiger partial charge on any atom is 0.417 e. The number of methoxy groups -OCH3 is 1. The largest absolute Gasteiger partial charge is 0.417 e. The second-order valence-corrected chi connectivity index (χ2v) is 4.29. The molecule has 0 radical (unpaired) electrons. The maximum absolute atomic E-state index is 13.1. The first-order chi connectivity index (χ1) is 9.95. The highest BCUT2D eigenvalue weighted by Crippen LogP contribution is 2.36. The molecule has 2 aromatic rings. The Morgan fingerprint density at radius 1 is 1.19 bits per heavy atom. The highest BCUT2D eigenvalue weighted by molar-refractivity contribution is 5.62. The number of hydrogen-bond acceptors (Lipinski definition) is 4. The highest BCUT2D eigenvalue weighted by atomic mass is 19.4. The molecule has 0 bridgehead atoms. The predicted molar refractivity (Wildman–Crippen MR) is 72.7 cm³/mol. The second-order valence-electron chi connectivity index (χ2n) is 4.29. The lowest BCUT2D eigenvalue weighted by Gasteiger charge is -2.13. The third-order valence-corrected chi connectivity index (χ3v) is 2.80. The van der Waals surface area contributed by atoms with Gasteiger partial charge in [0, 0.05) is 25.8 Å². The third-order valence-electron chi connectivity index (χ3n) is 2.80. The van der Waals surface area contributed by atoms with E-state index in [1.807, 2.05) is 0 Å². The summed E-state index contributed by atoms with van der Waals surface area (Å²) < 4.78 is 44.2. The fourth-order valence-electron chi connectivity index (χ4n) is 1.89. The van der Waals surface area contributed by atoms with Gasteiger partial charge in [-0.1, -0.05) is 18.2 Å². The topological polar surface area (TPSA) is 47.0 Å². The summed E-state index contributed by atoms with van der Waals surface area (Å²) >= 11 is 0. The minimum Gasteiger partial charge on any atom is -0.378 e. The molecule has 0 fully saturated rings. The molecule has 21 heavy (non-hydrogen) atoms. The Balaban J connectivity index is 2.59. The average Bonchev–Trinajstić information content (AvgIpc) is 2.46. The van der Waals surface area contributed by atoms with Crippen LogP contribution in [0.4, 0.5) is 19.0 Å². The lowest BCUT2D eigenvalue weighted by atomic mass is 10.1. The van der Waals surface area contributed by atoms with E-state index in [0.717, 1.165) is 6.07 Å². The van der Waals surface area contributed by atoms with Gasteiger partial charge in [-0.05, 0) is 6.07 Å². The van der Waals surface area contributed by atoms with Gasteiger partial charge < -0.3 is 10.1 Å². The number of ether oxygens (including phenoxy) is 1. The summed E-state index contributed by atoms with van der Waals surface area (Å²) in [6.07, 6.45) is -4.46. The lowest BCUT2D eigenvalue weighted by Crippen LogP contribution is -2.09. The Morgan fingerprint density at radius 3 is 2.52 bits per heavy atom. The van der Waals surface area contributed by atoms with Crippen LogP contribution in [0.3, 0.4) is 0 Å². The maximum atomic E-state index is 13.1. The molecule has 1 heterocycles. The van der Waals surface area contributed by atoms with E-state index in [9.17, 15) is 13.2 Å². The van der Waals surface area contributed by atoms with E-state index in [2.05, 4.69) is 15.3 Å². The fraction of sp³-hybridized carbons (Fsp3) is 0.286. The zero-order chi connectivity index (χ0) is 15.5. The molecule has 4 nitrogen and oxygen atoms in total. The molecule has 1 N–H and O–H groups in total. The van der Waals surface area contributed by atoms with Crippen molar-refractivity contribution < 1.29 is 17.9 Å². The number of nitrogens with zero attached hydrogens (tertiary/aromatic N) is 2. The Morgan fingerprint density at radius 2 is 1.90 bits per heavy atom. The number of rotatable bonds is 4. The molecule has 0 aliphatic carbocycles. The smallest absolute Gasteiger partial charge is 0.378 e. The number of benzene rings is 1. The molecule has 0 spiro atoms. The molecule has 0 amide bonds. The quantitative estimate of drug-likeness (QED) is 0.940. The van der Waals surface area contributed by atoms with Crippen LogP contribution in [0.5, 0.6) is 0 Å². The van der Waals surface area contributed by atoms with Crippen LogP contribution >= 0.6 is 0 Å². The van der Waals surface area contributed by atoms with E-state index >= 15 is 0 Å². The van der Waals surface area contributed by atoms with E-state index < -0.39 is 11.7 Å².